The van der Waals surface area contributed by atoms with Crippen LogP contribution in [0.2, 0.25) is 4.34 Å². The Morgan fingerprint density at radius 2 is 2.03 bits per heavy atom. The molecular formula is C19H17ClN8O6S3. The molecule has 5 rings (SSSR count). The number of nitrogens with zero attached hydrogens (tertiary/aromatic N) is 6. The molecule has 2 atom stereocenters. The summed E-state index contributed by atoms with van der Waals surface area (Å²) < 4.78 is 0.481. The zero-order valence-electron chi connectivity index (χ0n) is 18.6. The molecule has 0 unspecified atom stereocenters. The van der Waals surface area contributed by atoms with Gasteiger partial charge < -0.3 is 21.4 Å². The largest absolute Gasteiger partial charge is 0.477 e. The van der Waals surface area contributed by atoms with Crippen molar-refractivity contribution in [1.82, 2.24) is 25.4 Å². The Labute approximate surface area is 225 Å². The molecule has 5 N–H and O–H groups in total. The van der Waals surface area contributed by atoms with Crippen molar-refractivity contribution in [3.63, 3.8) is 0 Å². The molecule has 3 aliphatic rings. The summed E-state index contributed by atoms with van der Waals surface area (Å²) in [5, 5.41) is 33.3. The van der Waals surface area contributed by atoms with Crippen molar-refractivity contribution in [2.45, 2.75) is 42.1 Å². The number of anilines is 2. The Balaban J connectivity index is 1.32. The number of oxime groups is 1. The van der Waals surface area contributed by atoms with E-state index in [0.29, 0.717) is 40.2 Å². The van der Waals surface area contributed by atoms with E-state index in [1.807, 2.05) is 0 Å². The van der Waals surface area contributed by atoms with Crippen molar-refractivity contribution >= 4 is 85.7 Å². The maximum Gasteiger partial charge on any atom is 0.353 e. The lowest BCUT2D eigenvalue weighted by molar-refractivity contribution is -0.155. The van der Waals surface area contributed by atoms with Gasteiger partial charge in [0.05, 0.1) is 6.04 Å². The average molecular weight is 585 g/mol. The molecule has 2 fully saturated rings. The number of aliphatic carboxylic acids is 1. The van der Waals surface area contributed by atoms with Crippen LogP contribution >= 0.6 is 46.0 Å². The second-order valence-corrected chi connectivity index (χ2v) is 12.0. The van der Waals surface area contributed by atoms with E-state index in [1.54, 1.807) is 4.90 Å². The number of hydrogen-bond acceptors (Lipinski definition) is 13. The van der Waals surface area contributed by atoms with Crippen molar-refractivity contribution in [2.24, 2.45) is 5.16 Å². The highest BCUT2D eigenvalue weighted by atomic mass is 35.5. The summed E-state index contributed by atoms with van der Waals surface area (Å²) >= 11 is 9.14. The van der Waals surface area contributed by atoms with Gasteiger partial charge in [0.1, 0.15) is 21.8 Å². The molecule has 14 nitrogen and oxygen atoms in total. The molecular weight excluding hydrogens is 568 g/mol. The van der Waals surface area contributed by atoms with E-state index in [9.17, 15) is 29.5 Å². The number of hydrogen-bond donors (Lipinski definition) is 4. The number of carboxylic acids is 1. The highest BCUT2D eigenvalue weighted by Gasteiger charge is 2.54. The minimum Gasteiger partial charge on any atom is -0.477 e. The molecule has 2 aromatic heterocycles. The highest BCUT2D eigenvalue weighted by Crippen LogP contribution is 2.44. The van der Waals surface area contributed by atoms with Crippen LogP contribution in [0.5, 0.6) is 0 Å². The SMILES string of the molecule is Nc1nc(/C(=N/O)C(=O)N[C@@H]2C(=O)N3C(C(=O)O)=C(Sc4nnc(N5CCCC5=O)s4)CC[C@H]23)c(Cl)s1. The number of carbonyl (C=O) groups excluding carboxylic acids is 3. The number of thioether (sulfide) groups is 1. The fraction of sp³-hybridized carbons (Fsp3) is 0.368. The van der Waals surface area contributed by atoms with Crippen LogP contribution in [0.25, 0.3) is 0 Å². The summed E-state index contributed by atoms with van der Waals surface area (Å²) in [6.45, 7) is 0.559. The third kappa shape index (κ3) is 4.51. The molecule has 0 saturated carbocycles. The van der Waals surface area contributed by atoms with E-state index in [-0.39, 0.29) is 26.8 Å². The number of amides is 3. The normalized spacial score (nSPS) is 21.8. The first-order valence-electron chi connectivity index (χ1n) is 10.8. The van der Waals surface area contributed by atoms with Gasteiger partial charge in [-0.05, 0) is 19.3 Å². The molecule has 3 amide bonds. The highest BCUT2D eigenvalue weighted by molar-refractivity contribution is 8.04. The van der Waals surface area contributed by atoms with Gasteiger partial charge in [0.2, 0.25) is 11.0 Å². The first-order chi connectivity index (χ1) is 17.7. The summed E-state index contributed by atoms with van der Waals surface area (Å²) in [6.07, 6.45) is 1.85. The van der Waals surface area contributed by atoms with Crippen LogP contribution < -0.4 is 16.0 Å². The monoisotopic (exact) mass is 584 g/mol. The molecule has 0 bridgehead atoms. The van der Waals surface area contributed by atoms with E-state index < -0.39 is 35.6 Å². The number of nitrogens with two attached hydrogens (primary N) is 1. The number of carboxylic acid groups (broad SMARTS) is 1. The third-order valence-electron chi connectivity index (χ3n) is 5.93. The average Bonchev–Trinajstić information content (AvgIpc) is 3.57. The Kier molecular flexibility index (Phi) is 6.78. The van der Waals surface area contributed by atoms with Crippen molar-refractivity contribution in [3.8, 4) is 0 Å². The lowest BCUT2D eigenvalue weighted by Gasteiger charge is -2.49. The van der Waals surface area contributed by atoms with Crippen molar-refractivity contribution < 1.29 is 29.5 Å². The molecule has 5 heterocycles. The van der Waals surface area contributed by atoms with Gasteiger partial charge in [0.15, 0.2) is 15.2 Å². The second kappa shape index (κ2) is 9.88. The molecule has 0 spiro atoms. The standard InChI is InChI=1S/C19H17ClN8O6S3/c20-13-10(23-17(21)36-13)11(26-34)14(30)22-9-6-3-4-7(12(16(32)33)28(6)15(9)31)35-19-25-24-18(37-19)27-5-1-2-8(27)29/h6,9,34H,1-5H2,(H2,21,23)(H,22,30)(H,32,33)/b26-11-/t6-,9+/m1/s1. The van der Waals surface area contributed by atoms with Gasteiger partial charge in [-0.2, -0.15) is 0 Å². The number of thiazole rings is 1. The summed E-state index contributed by atoms with van der Waals surface area (Å²) in [5.41, 5.74) is 4.73. The van der Waals surface area contributed by atoms with E-state index in [0.717, 1.165) is 34.4 Å². The van der Waals surface area contributed by atoms with E-state index in [4.69, 9.17) is 17.3 Å². The predicted octanol–water partition coefficient (Wildman–Crippen LogP) is 1.11. The minimum absolute atomic E-state index is 0.0337. The van der Waals surface area contributed by atoms with Crippen molar-refractivity contribution in [3.05, 3.63) is 20.6 Å². The van der Waals surface area contributed by atoms with Crippen molar-refractivity contribution in [1.29, 1.82) is 0 Å². The van der Waals surface area contributed by atoms with Crippen LogP contribution in [0, 0.1) is 0 Å². The Bertz CT molecular complexity index is 1390. The van der Waals surface area contributed by atoms with Crippen LogP contribution in [0.4, 0.5) is 10.3 Å². The number of allylic oxidation sites excluding steroid dienone is 1. The molecule has 18 heteroatoms. The molecule has 2 saturated heterocycles. The summed E-state index contributed by atoms with van der Waals surface area (Å²) in [6, 6.07) is -1.65. The number of aromatic nitrogens is 3. The van der Waals surface area contributed by atoms with E-state index in [2.05, 4.69) is 25.7 Å². The third-order valence-corrected chi connectivity index (χ3v) is 9.16. The van der Waals surface area contributed by atoms with Crippen molar-refractivity contribution in [2.75, 3.05) is 17.2 Å². The maximum atomic E-state index is 12.9. The first kappa shape index (κ1) is 25.4. The van der Waals surface area contributed by atoms with E-state index in [1.165, 1.54) is 11.3 Å². The van der Waals surface area contributed by atoms with Crippen LogP contribution in [0.1, 0.15) is 31.4 Å². The number of nitrogen functional groups attached to an aromatic ring is 1. The number of β-lactam (4-membered cyclic amide) rings is 1. The van der Waals surface area contributed by atoms with Gasteiger partial charge in [0, 0.05) is 17.9 Å². The second-order valence-electron chi connectivity index (χ2n) is 8.07. The van der Waals surface area contributed by atoms with Gasteiger partial charge in [-0.25, -0.2) is 9.78 Å². The topological polar surface area (TPSA) is 204 Å². The number of halogens is 1. The Hall–Kier alpha value is -3.28. The lowest BCUT2D eigenvalue weighted by atomic mass is 9.86. The lowest BCUT2D eigenvalue weighted by Crippen LogP contribution is -2.72. The van der Waals surface area contributed by atoms with Crippen LogP contribution in [0.15, 0.2) is 20.1 Å². The molecule has 194 valence electrons. The summed E-state index contributed by atoms with van der Waals surface area (Å²) in [5.74, 6) is -2.87. The van der Waals surface area contributed by atoms with Crippen LogP contribution in [-0.4, -0.2) is 78.4 Å². The molecule has 0 aliphatic carbocycles. The fourth-order valence-electron chi connectivity index (χ4n) is 4.31. The fourth-order valence-corrected chi connectivity index (χ4v) is 7.35. The molecule has 0 radical (unpaired) electrons. The minimum atomic E-state index is -1.30. The number of fused-ring (bicyclic) bond motifs is 1. The Morgan fingerprint density at radius 3 is 2.65 bits per heavy atom. The zero-order valence-corrected chi connectivity index (χ0v) is 21.8. The number of carbonyl (C=O) groups is 4. The number of rotatable bonds is 7. The van der Waals surface area contributed by atoms with Crippen LogP contribution in [-0.2, 0) is 19.2 Å². The van der Waals surface area contributed by atoms with Gasteiger partial charge in [-0.1, -0.05) is 51.2 Å². The number of nitrogens with one attached hydrogen (secondary N) is 1. The van der Waals surface area contributed by atoms with Gasteiger partial charge in [-0.15, -0.1) is 10.2 Å². The quantitative estimate of drug-likeness (QED) is 0.119. The smallest absolute Gasteiger partial charge is 0.353 e. The first-order valence-corrected chi connectivity index (χ1v) is 13.6. The maximum absolute atomic E-state index is 12.9. The molecule has 0 aromatic carbocycles. The molecule has 3 aliphatic heterocycles. The summed E-state index contributed by atoms with van der Waals surface area (Å²) in [7, 11) is 0. The van der Waals surface area contributed by atoms with Gasteiger partial charge in [0.25, 0.3) is 11.8 Å². The molecule has 2 aromatic rings. The Morgan fingerprint density at radius 1 is 1.24 bits per heavy atom. The summed E-state index contributed by atoms with van der Waals surface area (Å²) in [4.78, 5) is 56.7. The molecule has 37 heavy (non-hydrogen) atoms. The zero-order chi connectivity index (χ0) is 26.4. The van der Waals surface area contributed by atoms with Gasteiger partial charge >= 0.3 is 5.97 Å². The van der Waals surface area contributed by atoms with E-state index >= 15 is 0 Å². The van der Waals surface area contributed by atoms with Crippen LogP contribution in [0.3, 0.4) is 0 Å². The predicted molar refractivity (Wildman–Crippen MR) is 134 cm³/mol. The van der Waals surface area contributed by atoms with Gasteiger partial charge in [-0.3, -0.25) is 24.2 Å².